The van der Waals surface area contributed by atoms with Gasteiger partial charge in [0.05, 0.1) is 19.0 Å². The number of carbonyl (C=O) groups is 5. The van der Waals surface area contributed by atoms with Gasteiger partial charge in [-0.25, -0.2) is 9.78 Å². The minimum absolute atomic E-state index is 0.0981. The number of H-pyrrole nitrogens is 1. The van der Waals surface area contributed by atoms with Gasteiger partial charge in [0.25, 0.3) is 0 Å². The SMILES string of the molecule is O=C(O)CCC(NC(=O)C1CCCN1)C(=O)NC(Cc1cnc[nH]1)C(=O)NC(CO)C(=O)O. The van der Waals surface area contributed by atoms with Gasteiger partial charge in [-0.15, -0.1) is 0 Å². The van der Waals surface area contributed by atoms with Gasteiger partial charge in [0.15, 0.2) is 0 Å². The van der Waals surface area contributed by atoms with Crippen molar-refractivity contribution in [3.63, 3.8) is 0 Å². The van der Waals surface area contributed by atoms with Gasteiger partial charge in [0.1, 0.15) is 18.1 Å². The van der Waals surface area contributed by atoms with E-state index in [9.17, 15) is 29.1 Å². The van der Waals surface area contributed by atoms with Crippen molar-refractivity contribution < 1.29 is 39.3 Å². The average molecular weight is 468 g/mol. The van der Waals surface area contributed by atoms with Crippen molar-refractivity contribution >= 4 is 29.7 Å². The molecule has 0 bridgehead atoms. The zero-order valence-corrected chi connectivity index (χ0v) is 17.7. The third-order valence-electron chi connectivity index (χ3n) is 5.07. The molecule has 0 radical (unpaired) electrons. The van der Waals surface area contributed by atoms with E-state index in [4.69, 9.17) is 10.2 Å². The molecule has 14 heteroatoms. The number of carbonyl (C=O) groups excluding carboxylic acids is 3. The number of nitrogens with one attached hydrogen (secondary N) is 5. The molecule has 2 heterocycles. The highest BCUT2D eigenvalue weighted by atomic mass is 16.4. The fraction of sp³-hybridized carbons (Fsp3) is 0.579. The summed E-state index contributed by atoms with van der Waals surface area (Å²) in [6.07, 6.45) is 3.39. The van der Waals surface area contributed by atoms with Crippen LogP contribution in [-0.2, 0) is 30.4 Å². The molecule has 0 aromatic carbocycles. The Bertz CT molecular complexity index is 839. The lowest BCUT2D eigenvalue weighted by Gasteiger charge is -2.24. The number of amides is 3. The number of aliphatic carboxylic acids is 2. The fourth-order valence-corrected chi connectivity index (χ4v) is 3.27. The normalized spacial score (nSPS) is 18.0. The van der Waals surface area contributed by atoms with Crippen molar-refractivity contribution in [3.8, 4) is 0 Å². The van der Waals surface area contributed by atoms with E-state index in [1.165, 1.54) is 12.5 Å². The van der Waals surface area contributed by atoms with Crippen LogP contribution in [0.3, 0.4) is 0 Å². The quantitative estimate of drug-likeness (QED) is 0.147. The van der Waals surface area contributed by atoms with E-state index < -0.39 is 66.9 Å². The Morgan fingerprint density at radius 1 is 1.06 bits per heavy atom. The number of imidazole rings is 1. The van der Waals surface area contributed by atoms with E-state index in [1.54, 1.807) is 0 Å². The summed E-state index contributed by atoms with van der Waals surface area (Å²) in [5.41, 5.74) is 0.451. The highest BCUT2D eigenvalue weighted by Crippen LogP contribution is 2.08. The van der Waals surface area contributed by atoms with Gasteiger partial charge in [-0.2, -0.15) is 0 Å². The third kappa shape index (κ3) is 8.16. The Kier molecular flexibility index (Phi) is 9.75. The molecular formula is C19H28N6O8. The van der Waals surface area contributed by atoms with Gasteiger partial charge in [0.2, 0.25) is 17.7 Å². The molecule has 0 aliphatic carbocycles. The Hall–Kier alpha value is -3.52. The number of carboxylic acids is 2. The molecule has 4 atom stereocenters. The summed E-state index contributed by atoms with van der Waals surface area (Å²) >= 11 is 0. The number of carboxylic acid groups (broad SMARTS) is 2. The molecule has 1 aliphatic rings. The molecule has 1 fully saturated rings. The van der Waals surface area contributed by atoms with Crippen molar-refractivity contribution in [2.24, 2.45) is 0 Å². The number of rotatable bonds is 13. The highest BCUT2D eigenvalue weighted by molar-refractivity contribution is 5.94. The van der Waals surface area contributed by atoms with Crippen LogP contribution in [0, 0.1) is 0 Å². The smallest absolute Gasteiger partial charge is 0.328 e. The van der Waals surface area contributed by atoms with E-state index in [-0.39, 0.29) is 12.8 Å². The average Bonchev–Trinajstić information content (AvgIpc) is 3.47. The number of aliphatic hydroxyl groups is 1. The van der Waals surface area contributed by atoms with Crippen molar-refractivity contribution in [2.45, 2.75) is 56.3 Å². The first-order chi connectivity index (χ1) is 15.7. The zero-order valence-electron chi connectivity index (χ0n) is 17.7. The number of aromatic nitrogens is 2. The zero-order chi connectivity index (χ0) is 24.4. The van der Waals surface area contributed by atoms with Crippen LogP contribution in [0.25, 0.3) is 0 Å². The van der Waals surface area contributed by atoms with Crippen LogP contribution in [-0.4, -0.2) is 92.3 Å². The maximum Gasteiger partial charge on any atom is 0.328 e. The summed E-state index contributed by atoms with van der Waals surface area (Å²) < 4.78 is 0. The molecule has 1 saturated heterocycles. The lowest BCUT2D eigenvalue weighted by atomic mass is 10.1. The summed E-state index contributed by atoms with van der Waals surface area (Å²) in [6, 6.07) is -4.62. The molecule has 14 nitrogen and oxygen atoms in total. The predicted octanol–water partition coefficient (Wildman–Crippen LogP) is -2.90. The van der Waals surface area contributed by atoms with Crippen LogP contribution in [0.1, 0.15) is 31.4 Å². The first kappa shape index (κ1) is 25.7. The summed E-state index contributed by atoms with van der Waals surface area (Å²) in [5, 5.41) is 37.3. The van der Waals surface area contributed by atoms with Gasteiger partial charge in [0, 0.05) is 24.7 Å². The Labute approximate surface area is 188 Å². The predicted molar refractivity (Wildman–Crippen MR) is 111 cm³/mol. The van der Waals surface area contributed by atoms with E-state index in [2.05, 4.69) is 31.2 Å². The topological polar surface area (TPSA) is 223 Å². The minimum Gasteiger partial charge on any atom is -0.481 e. The first-order valence-corrected chi connectivity index (χ1v) is 10.4. The molecule has 0 spiro atoms. The number of aliphatic hydroxyl groups excluding tert-OH is 1. The number of aromatic amines is 1. The standard InChI is InChI=1S/C19H28N6O8/c26-8-14(19(32)33)25-18(31)13(6-10-7-20-9-22-10)24-17(30)12(3-4-15(27)28)23-16(29)11-2-1-5-21-11/h7,9,11-14,21,26H,1-6,8H2,(H,20,22)(H,23,29)(H,24,30)(H,25,31)(H,27,28)(H,32,33). The van der Waals surface area contributed by atoms with Crippen LogP contribution in [0.5, 0.6) is 0 Å². The fourth-order valence-electron chi connectivity index (χ4n) is 3.27. The third-order valence-corrected chi connectivity index (χ3v) is 5.07. The molecule has 33 heavy (non-hydrogen) atoms. The molecule has 0 saturated carbocycles. The molecule has 4 unspecified atom stereocenters. The van der Waals surface area contributed by atoms with Crippen molar-refractivity contribution in [1.29, 1.82) is 0 Å². The molecule has 1 aromatic rings. The summed E-state index contributed by atoms with van der Waals surface area (Å²) in [6.45, 7) is -0.219. The van der Waals surface area contributed by atoms with E-state index >= 15 is 0 Å². The molecule has 8 N–H and O–H groups in total. The number of hydrogen-bond acceptors (Lipinski definition) is 8. The van der Waals surface area contributed by atoms with Gasteiger partial charge < -0.3 is 41.6 Å². The van der Waals surface area contributed by atoms with Crippen LogP contribution in [0.15, 0.2) is 12.5 Å². The lowest BCUT2D eigenvalue weighted by Crippen LogP contribution is -2.58. The largest absolute Gasteiger partial charge is 0.481 e. The van der Waals surface area contributed by atoms with Gasteiger partial charge in [-0.05, 0) is 25.8 Å². The monoisotopic (exact) mass is 468 g/mol. The first-order valence-electron chi connectivity index (χ1n) is 10.4. The Balaban J connectivity index is 2.14. The highest BCUT2D eigenvalue weighted by Gasteiger charge is 2.32. The molecule has 2 rings (SSSR count). The maximum absolute atomic E-state index is 12.9. The van der Waals surface area contributed by atoms with Gasteiger partial charge >= 0.3 is 11.9 Å². The second-order valence-electron chi connectivity index (χ2n) is 7.57. The molecule has 1 aliphatic heterocycles. The molecule has 3 amide bonds. The van der Waals surface area contributed by atoms with Crippen LogP contribution in [0.4, 0.5) is 0 Å². The van der Waals surface area contributed by atoms with Crippen LogP contribution in [0.2, 0.25) is 0 Å². The van der Waals surface area contributed by atoms with Crippen molar-refractivity contribution in [1.82, 2.24) is 31.2 Å². The lowest BCUT2D eigenvalue weighted by molar-refractivity contribution is -0.143. The Morgan fingerprint density at radius 2 is 1.76 bits per heavy atom. The molecular weight excluding hydrogens is 440 g/mol. The van der Waals surface area contributed by atoms with E-state index in [0.717, 1.165) is 6.42 Å². The minimum atomic E-state index is -1.59. The summed E-state index contributed by atoms with van der Waals surface area (Å²) in [4.78, 5) is 66.8. The van der Waals surface area contributed by atoms with Gasteiger partial charge in [-0.3, -0.25) is 19.2 Å². The molecule has 1 aromatic heterocycles. The van der Waals surface area contributed by atoms with E-state index in [0.29, 0.717) is 18.7 Å². The number of nitrogens with zero attached hydrogens (tertiary/aromatic N) is 1. The maximum atomic E-state index is 12.9. The summed E-state index contributed by atoms with van der Waals surface area (Å²) in [7, 11) is 0. The van der Waals surface area contributed by atoms with Gasteiger partial charge in [-0.1, -0.05) is 0 Å². The van der Waals surface area contributed by atoms with Crippen LogP contribution < -0.4 is 21.3 Å². The number of hydrogen-bond donors (Lipinski definition) is 8. The summed E-state index contributed by atoms with van der Waals surface area (Å²) in [5.74, 6) is -4.79. The molecule has 182 valence electrons. The van der Waals surface area contributed by atoms with Crippen molar-refractivity contribution in [3.05, 3.63) is 18.2 Å². The van der Waals surface area contributed by atoms with E-state index in [1.807, 2.05) is 0 Å². The second kappa shape index (κ2) is 12.5. The second-order valence-corrected chi connectivity index (χ2v) is 7.57. The van der Waals surface area contributed by atoms with Crippen molar-refractivity contribution in [2.75, 3.05) is 13.2 Å². The van der Waals surface area contributed by atoms with Crippen LogP contribution >= 0.6 is 0 Å². The Morgan fingerprint density at radius 3 is 2.30 bits per heavy atom.